The fourth-order valence-electron chi connectivity index (χ4n) is 1.16. The van der Waals surface area contributed by atoms with Gasteiger partial charge in [-0.1, -0.05) is 0 Å². The van der Waals surface area contributed by atoms with E-state index in [1.807, 2.05) is 14.0 Å². The molecule has 0 unspecified atom stereocenters. The average Bonchev–Trinajstić information content (AvgIpc) is 2.21. The number of amides is 1. The highest BCUT2D eigenvalue weighted by atomic mass is 16.2. The van der Waals surface area contributed by atoms with E-state index in [4.69, 9.17) is 5.73 Å². The molecule has 0 saturated carbocycles. The van der Waals surface area contributed by atoms with Crippen LogP contribution in [0.4, 0.5) is 11.5 Å². The first-order valence-corrected chi connectivity index (χ1v) is 5.05. The lowest BCUT2D eigenvalue weighted by Crippen LogP contribution is -2.34. The van der Waals surface area contributed by atoms with Crippen molar-refractivity contribution in [3.05, 3.63) is 17.8 Å². The highest BCUT2D eigenvalue weighted by Crippen LogP contribution is 2.16. The second kappa shape index (κ2) is 4.83. The van der Waals surface area contributed by atoms with E-state index >= 15 is 0 Å². The number of aryl methyl sites for hydroxylation is 1. The largest absolute Gasteiger partial charge is 0.398 e. The molecule has 1 aromatic rings. The van der Waals surface area contributed by atoms with E-state index in [-0.39, 0.29) is 5.91 Å². The van der Waals surface area contributed by atoms with Crippen molar-refractivity contribution >= 4 is 17.4 Å². The fraction of sp³-hybridized carbons (Fsp3) is 0.455. The molecule has 0 spiro atoms. The molecule has 0 fully saturated rings. The molecule has 0 bridgehead atoms. The predicted octanol–water partition coefficient (Wildman–Crippen LogP) is 0.497. The zero-order valence-corrected chi connectivity index (χ0v) is 10.2. The van der Waals surface area contributed by atoms with Gasteiger partial charge in [0.15, 0.2) is 0 Å². The third-order valence-corrected chi connectivity index (χ3v) is 2.39. The number of hydrogen-bond acceptors (Lipinski definition) is 4. The number of rotatable bonds is 3. The summed E-state index contributed by atoms with van der Waals surface area (Å²) in [7, 11) is 5.28. The van der Waals surface area contributed by atoms with Crippen LogP contribution < -0.4 is 10.6 Å². The molecule has 0 saturated heterocycles. The highest BCUT2D eigenvalue weighted by molar-refractivity contribution is 5.80. The molecule has 1 rings (SSSR count). The van der Waals surface area contributed by atoms with E-state index in [1.165, 1.54) is 0 Å². The van der Waals surface area contributed by atoms with E-state index in [0.717, 1.165) is 5.56 Å². The second-order valence-corrected chi connectivity index (χ2v) is 4.04. The zero-order valence-electron chi connectivity index (χ0n) is 10.2. The summed E-state index contributed by atoms with van der Waals surface area (Å²) in [6.45, 7) is 2.19. The molecule has 0 aliphatic heterocycles. The van der Waals surface area contributed by atoms with Gasteiger partial charge >= 0.3 is 0 Å². The normalized spacial score (nSPS) is 10.0. The summed E-state index contributed by atoms with van der Waals surface area (Å²) in [5.74, 6) is 0.738. The third-order valence-electron chi connectivity index (χ3n) is 2.39. The van der Waals surface area contributed by atoms with Gasteiger partial charge in [-0.2, -0.15) is 0 Å². The molecule has 1 amide bonds. The topological polar surface area (TPSA) is 62.5 Å². The smallest absolute Gasteiger partial charge is 0.241 e. The van der Waals surface area contributed by atoms with Crippen LogP contribution in [0.25, 0.3) is 0 Å². The van der Waals surface area contributed by atoms with Crippen LogP contribution in [-0.4, -0.2) is 43.5 Å². The number of anilines is 2. The molecular weight excluding hydrogens is 204 g/mol. The molecule has 1 aromatic heterocycles. The van der Waals surface area contributed by atoms with E-state index in [0.29, 0.717) is 18.1 Å². The zero-order chi connectivity index (χ0) is 12.3. The van der Waals surface area contributed by atoms with E-state index in [1.54, 1.807) is 36.2 Å². The first-order chi connectivity index (χ1) is 7.41. The molecule has 16 heavy (non-hydrogen) atoms. The Kier molecular flexibility index (Phi) is 3.71. The number of nitrogens with zero attached hydrogens (tertiary/aromatic N) is 3. The number of nitrogens with two attached hydrogens (primary N) is 1. The van der Waals surface area contributed by atoms with Gasteiger partial charge in [0.05, 0.1) is 6.54 Å². The molecule has 0 aliphatic rings. The summed E-state index contributed by atoms with van der Waals surface area (Å²) >= 11 is 0. The standard InChI is InChI=1S/C11H18N4O/c1-8-6-13-10(5-9(8)12)15(4)7-11(16)14(2)3/h5-6H,7H2,1-4H3,(H2,12,13). The number of carbonyl (C=O) groups is 1. The van der Waals surface area contributed by atoms with E-state index in [9.17, 15) is 4.79 Å². The van der Waals surface area contributed by atoms with Gasteiger partial charge in [-0.15, -0.1) is 0 Å². The minimum Gasteiger partial charge on any atom is -0.398 e. The number of carbonyl (C=O) groups excluding carboxylic acids is 1. The lowest BCUT2D eigenvalue weighted by Gasteiger charge is -2.20. The maximum absolute atomic E-state index is 11.5. The van der Waals surface area contributed by atoms with Gasteiger partial charge in [0.2, 0.25) is 5.91 Å². The van der Waals surface area contributed by atoms with Crippen molar-refractivity contribution in [3.8, 4) is 0 Å². The number of hydrogen-bond donors (Lipinski definition) is 1. The third kappa shape index (κ3) is 2.85. The maximum atomic E-state index is 11.5. The summed E-state index contributed by atoms with van der Waals surface area (Å²) in [4.78, 5) is 19.1. The van der Waals surface area contributed by atoms with Gasteiger partial charge in [0.1, 0.15) is 5.82 Å². The Hall–Kier alpha value is -1.78. The first kappa shape index (κ1) is 12.3. The average molecular weight is 222 g/mol. The Labute approximate surface area is 95.9 Å². The Morgan fingerprint density at radius 1 is 1.44 bits per heavy atom. The number of pyridine rings is 1. The monoisotopic (exact) mass is 222 g/mol. The fourth-order valence-corrected chi connectivity index (χ4v) is 1.16. The molecule has 0 atom stereocenters. The Morgan fingerprint density at radius 3 is 2.56 bits per heavy atom. The summed E-state index contributed by atoms with van der Waals surface area (Å²) in [5, 5.41) is 0. The Morgan fingerprint density at radius 2 is 2.06 bits per heavy atom. The lowest BCUT2D eigenvalue weighted by atomic mass is 10.2. The summed E-state index contributed by atoms with van der Waals surface area (Å²) < 4.78 is 0. The van der Waals surface area contributed by atoms with Crippen molar-refractivity contribution < 1.29 is 4.79 Å². The van der Waals surface area contributed by atoms with Crippen LogP contribution in [0.2, 0.25) is 0 Å². The number of nitrogen functional groups attached to an aromatic ring is 1. The van der Waals surface area contributed by atoms with Crippen LogP contribution in [0.5, 0.6) is 0 Å². The lowest BCUT2D eigenvalue weighted by molar-refractivity contribution is -0.127. The summed E-state index contributed by atoms with van der Waals surface area (Å²) in [5.41, 5.74) is 7.42. The molecule has 0 radical (unpaired) electrons. The Bertz CT molecular complexity index is 390. The van der Waals surface area contributed by atoms with Crippen molar-refractivity contribution in [1.82, 2.24) is 9.88 Å². The van der Waals surface area contributed by atoms with Gasteiger partial charge in [0, 0.05) is 39.1 Å². The minimum atomic E-state index is 0.0310. The quantitative estimate of drug-likeness (QED) is 0.808. The van der Waals surface area contributed by atoms with E-state index < -0.39 is 0 Å². The predicted molar refractivity (Wildman–Crippen MR) is 65.4 cm³/mol. The molecule has 0 aromatic carbocycles. The van der Waals surface area contributed by atoms with Gasteiger partial charge in [0.25, 0.3) is 0 Å². The highest BCUT2D eigenvalue weighted by Gasteiger charge is 2.10. The second-order valence-electron chi connectivity index (χ2n) is 4.04. The molecule has 88 valence electrons. The van der Waals surface area contributed by atoms with Crippen LogP contribution in [0.3, 0.4) is 0 Å². The molecular formula is C11H18N4O. The van der Waals surface area contributed by atoms with Gasteiger partial charge in [-0.05, 0) is 12.5 Å². The number of likely N-dealkylation sites (N-methyl/N-ethyl adjacent to an activating group) is 2. The van der Waals surface area contributed by atoms with Gasteiger partial charge < -0.3 is 15.5 Å². The van der Waals surface area contributed by atoms with Crippen LogP contribution in [0.1, 0.15) is 5.56 Å². The van der Waals surface area contributed by atoms with Crippen LogP contribution >= 0.6 is 0 Å². The first-order valence-electron chi connectivity index (χ1n) is 5.05. The van der Waals surface area contributed by atoms with Crippen molar-refractivity contribution in [2.24, 2.45) is 0 Å². The van der Waals surface area contributed by atoms with Crippen LogP contribution in [0, 0.1) is 6.92 Å². The Balaban J connectivity index is 2.77. The molecule has 1 heterocycles. The van der Waals surface area contributed by atoms with Gasteiger partial charge in [-0.25, -0.2) is 4.98 Å². The van der Waals surface area contributed by atoms with Crippen LogP contribution in [-0.2, 0) is 4.79 Å². The van der Waals surface area contributed by atoms with Crippen molar-refractivity contribution in [2.45, 2.75) is 6.92 Å². The molecule has 5 nitrogen and oxygen atoms in total. The van der Waals surface area contributed by atoms with Crippen molar-refractivity contribution in [3.63, 3.8) is 0 Å². The van der Waals surface area contributed by atoms with Gasteiger partial charge in [-0.3, -0.25) is 4.79 Å². The maximum Gasteiger partial charge on any atom is 0.241 e. The van der Waals surface area contributed by atoms with Crippen molar-refractivity contribution in [2.75, 3.05) is 38.3 Å². The van der Waals surface area contributed by atoms with Crippen molar-refractivity contribution in [1.29, 1.82) is 0 Å². The summed E-state index contributed by atoms with van der Waals surface area (Å²) in [6.07, 6.45) is 1.71. The van der Waals surface area contributed by atoms with E-state index in [2.05, 4.69) is 4.98 Å². The minimum absolute atomic E-state index is 0.0310. The molecule has 2 N–H and O–H groups in total. The molecule has 5 heteroatoms. The molecule has 0 aliphatic carbocycles. The number of aromatic nitrogens is 1. The SMILES string of the molecule is Cc1cnc(N(C)CC(=O)N(C)C)cc1N. The summed E-state index contributed by atoms with van der Waals surface area (Å²) in [6, 6.07) is 1.78. The van der Waals surface area contributed by atoms with Crippen LogP contribution in [0.15, 0.2) is 12.3 Å².